The van der Waals surface area contributed by atoms with E-state index < -0.39 is 6.04 Å². The Bertz CT molecular complexity index is 898. The Hall–Kier alpha value is -3.06. The van der Waals surface area contributed by atoms with Crippen molar-refractivity contribution in [3.05, 3.63) is 53.1 Å². The van der Waals surface area contributed by atoms with Crippen LogP contribution in [0.1, 0.15) is 23.6 Å². The van der Waals surface area contributed by atoms with E-state index in [0.717, 1.165) is 22.4 Å². The molecule has 1 atom stereocenters. The summed E-state index contributed by atoms with van der Waals surface area (Å²) in [6.07, 6.45) is 0. The molecule has 0 aromatic heterocycles. The summed E-state index contributed by atoms with van der Waals surface area (Å²) in [5, 5.41) is 5.82. The third kappa shape index (κ3) is 5.97. The summed E-state index contributed by atoms with van der Waals surface area (Å²) >= 11 is 0. The molecule has 7 heteroatoms. The molecule has 0 aliphatic carbocycles. The third-order valence-corrected chi connectivity index (χ3v) is 5.23. The molecule has 2 aromatic carbocycles. The topological polar surface area (TPSA) is 79.9 Å². The molecule has 0 fully saturated rings. The van der Waals surface area contributed by atoms with E-state index in [0.29, 0.717) is 18.0 Å². The Kier molecular flexibility index (Phi) is 8.24. The summed E-state index contributed by atoms with van der Waals surface area (Å²) in [4.78, 5) is 26.7. The molecule has 2 amide bonds. The van der Waals surface area contributed by atoms with Crippen LogP contribution in [0.25, 0.3) is 0 Å². The van der Waals surface area contributed by atoms with Crippen LogP contribution in [0.4, 0.5) is 5.69 Å². The molecule has 0 aliphatic rings. The maximum Gasteiger partial charge on any atom is 0.238 e. The second kappa shape index (κ2) is 10.6. The fourth-order valence-electron chi connectivity index (χ4n) is 2.97. The molecule has 2 N–H and O–H groups in total. The van der Waals surface area contributed by atoms with Crippen LogP contribution in [0, 0.1) is 13.8 Å². The first kappa shape index (κ1) is 23.2. The number of nitrogens with zero attached hydrogens (tertiary/aromatic N) is 1. The minimum atomic E-state index is -0.463. The van der Waals surface area contributed by atoms with Crippen molar-refractivity contribution in [2.75, 3.05) is 33.1 Å². The Morgan fingerprint density at radius 1 is 1.07 bits per heavy atom. The van der Waals surface area contributed by atoms with Gasteiger partial charge in [0.25, 0.3) is 0 Å². The van der Waals surface area contributed by atoms with E-state index >= 15 is 0 Å². The van der Waals surface area contributed by atoms with Gasteiger partial charge >= 0.3 is 0 Å². The Labute approximate surface area is 178 Å². The average Bonchev–Trinajstić information content (AvgIpc) is 2.74. The number of carbonyl (C=O) groups excluding carboxylic acids is 2. The molecule has 0 saturated heterocycles. The molecule has 0 bridgehead atoms. The zero-order valence-electron chi connectivity index (χ0n) is 18.5. The van der Waals surface area contributed by atoms with Crippen molar-refractivity contribution < 1.29 is 19.1 Å². The largest absolute Gasteiger partial charge is 0.493 e. The first-order valence-electron chi connectivity index (χ1n) is 9.81. The maximum absolute atomic E-state index is 12.5. The lowest BCUT2D eigenvalue weighted by Crippen LogP contribution is -2.45. The predicted octanol–water partition coefficient (Wildman–Crippen LogP) is 2.90. The monoisotopic (exact) mass is 413 g/mol. The third-order valence-electron chi connectivity index (χ3n) is 5.23. The summed E-state index contributed by atoms with van der Waals surface area (Å²) < 4.78 is 10.5. The van der Waals surface area contributed by atoms with Crippen LogP contribution in [-0.2, 0) is 16.1 Å². The van der Waals surface area contributed by atoms with Gasteiger partial charge in [-0.25, -0.2) is 0 Å². The number of hydrogen-bond acceptors (Lipinski definition) is 5. The fourth-order valence-corrected chi connectivity index (χ4v) is 2.97. The van der Waals surface area contributed by atoms with Crippen molar-refractivity contribution in [1.29, 1.82) is 0 Å². The van der Waals surface area contributed by atoms with Gasteiger partial charge in [0.05, 0.1) is 26.8 Å². The van der Waals surface area contributed by atoms with Crippen molar-refractivity contribution in [3.8, 4) is 11.5 Å². The maximum atomic E-state index is 12.5. The van der Waals surface area contributed by atoms with Gasteiger partial charge in [-0.3, -0.25) is 14.5 Å². The van der Waals surface area contributed by atoms with Gasteiger partial charge in [0.2, 0.25) is 11.8 Å². The highest BCUT2D eigenvalue weighted by Crippen LogP contribution is 2.27. The molecule has 162 valence electrons. The summed E-state index contributed by atoms with van der Waals surface area (Å²) in [7, 11) is 4.90. The number of ether oxygens (including phenoxy) is 2. The number of rotatable bonds is 9. The van der Waals surface area contributed by atoms with Gasteiger partial charge in [-0.05, 0) is 62.7 Å². The molecule has 30 heavy (non-hydrogen) atoms. The van der Waals surface area contributed by atoms with Crippen molar-refractivity contribution in [3.63, 3.8) is 0 Å². The van der Waals surface area contributed by atoms with Crippen LogP contribution in [0.5, 0.6) is 11.5 Å². The standard InChI is InChI=1S/C23H31N3O4/c1-15-8-7-9-19(16(15)2)25-22(27)14-26(4)17(3)23(28)24-13-18-10-11-20(29-5)21(12-18)30-6/h7-12,17H,13-14H2,1-6H3,(H,24,28)(H,25,27). The van der Waals surface area contributed by atoms with Crippen molar-refractivity contribution in [1.82, 2.24) is 10.2 Å². The predicted molar refractivity (Wildman–Crippen MR) is 118 cm³/mol. The van der Waals surface area contributed by atoms with Gasteiger partial charge in [0.1, 0.15) is 0 Å². The number of carbonyl (C=O) groups is 2. The highest BCUT2D eigenvalue weighted by Gasteiger charge is 2.20. The minimum absolute atomic E-state index is 0.109. The number of amides is 2. The summed E-state index contributed by atoms with van der Waals surface area (Å²) in [5.41, 5.74) is 3.83. The van der Waals surface area contributed by atoms with Crippen LogP contribution in [0.2, 0.25) is 0 Å². The number of nitrogens with one attached hydrogen (secondary N) is 2. The van der Waals surface area contributed by atoms with Crippen LogP contribution < -0.4 is 20.1 Å². The van der Waals surface area contributed by atoms with Crippen LogP contribution in [0.15, 0.2) is 36.4 Å². The highest BCUT2D eigenvalue weighted by atomic mass is 16.5. The van der Waals surface area contributed by atoms with E-state index in [1.54, 1.807) is 39.2 Å². The van der Waals surface area contributed by atoms with Gasteiger partial charge in [0.15, 0.2) is 11.5 Å². The van der Waals surface area contributed by atoms with Gasteiger partial charge in [-0.1, -0.05) is 18.2 Å². The lowest BCUT2D eigenvalue weighted by molar-refractivity contribution is -0.126. The van der Waals surface area contributed by atoms with E-state index in [1.807, 2.05) is 44.2 Å². The molecule has 0 aliphatic heterocycles. The highest BCUT2D eigenvalue weighted by molar-refractivity contribution is 5.93. The number of benzene rings is 2. The van der Waals surface area contributed by atoms with Crippen LogP contribution in [-0.4, -0.2) is 50.6 Å². The van der Waals surface area contributed by atoms with Crippen molar-refractivity contribution in [2.24, 2.45) is 0 Å². The smallest absolute Gasteiger partial charge is 0.238 e. The number of anilines is 1. The van der Waals surface area contributed by atoms with E-state index in [4.69, 9.17) is 9.47 Å². The molecular weight excluding hydrogens is 382 g/mol. The van der Waals surface area contributed by atoms with E-state index in [-0.39, 0.29) is 18.4 Å². The molecular formula is C23H31N3O4. The Morgan fingerprint density at radius 2 is 1.77 bits per heavy atom. The first-order chi connectivity index (χ1) is 14.3. The van der Waals surface area contributed by atoms with E-state index in [1.165, 1.54) is 0 Å². The zero-order valence-corrected chi connectivity index (χ0v) is 18.5. The number of aryl methyl sites for hydroxylation is 1. The van der Waals surface area contributed by atoms with E-state index in [9.17, 15) is 9.59 Å². The normalized spacial score (nSPS) is 11.7. The Balaban J connectivity index is 1.89. The molecule has 0 saturated carbocycles. The lowest BCUT2D eigenvalue weighted by Gasteiger charge is -2.23. The quantitative estimate of drug-likeness (QED) is 0.661. The minimum Gasteiger partial charge on any atom is -0.493 e. The Morgan fingerprint density at radius 3 is 2.43 bits per heavy atom. The van der Waals surface area contributed by atoms with Gasteiger partial charge < -0.3 is 20.1 Å². The van der Waals surface area contributed by atoms with Gasteiger partial charge in [-0.2, -0.15) is 0 Å². The molecule has 7 nitrogen and oxygen atoms in total. The number of hydrogen-bond donors (Lipinski definition) is 2. The van der Waals surface area contributed by atoms with Crippen LogP contribution >= 0.6 is 0 Å². The van der Waals surface area contributed by atoms with Crippen LogP contribution in [0.3, 0.4) is 0 Å². The molecule has 2 aromatic rings. The molecule has 0 radical (unpaired) electrons. The molecule has 1 unspecified atom stereocenters. The van der Waals surface area contributed by atoms with E-state index in [2.05, 4.69) is 10.6 Å². The average molecular weight is 414 g/mol. The van der Waals surface area contributed by atoms with Gasteiger partial charge in [-0.15, -0.1) is 0 Å². The molecule has 0 spiro atoms. The molecule has 2 rings (SSSR count). The summed E-state index contributed by atoms with van der Waals surface area (Å²) in [6, 6.07) is 10.8. The SMILES string of the molecule is COc1ccc(CNC(=O)C(C)N(C)CC(=O)Nc2cccc(C)c2C)cc1OC. The second-order valence-corrected chi connectivity index (χ2v) is 7.29. The number of methoxy groups -OCH3 is 2. The summed E-state index contributed by atoms with van der Waals surface area (Å²) in [5.74, 6) is 0.922. The fraction of sp³-hybridized carbons (Fsp3) is 0.391. The van der Waals surface area contributed by atoms with Crippen molar-refractivity contribution in [2.45, 2.75) is 33.4 Å². The van der Waals surface area contributed by atoms with Gasteiger partial charge in [0, 0.05) is 12.2 Å². The lowest BCUT2D eigenvalue weighted by atomic mass is 10.1. The second-order valence-electron chi connectivity index (χ2n) is 7.29. The molecule has 0 heterocycles. The zero-order chi connectivity index (χ0) is 22.3. The summed E-state index contributed by atoms with van der Waals surface area (Å²) in [6.45, 7) is 6.21. The van der Waals surface area contributed by atoms with Crippen molar-refractivity contribution >= 4 is 17.5 Å². The first-order valence-corrected chi connectivity index (χ1v) is 9.81. The number of likely N-dealkylation sites (N-methyl/N-ethyl adjacent to an activating group) is 1.